The molecule has 0 radical (unpaired) electrons. The van der Waals surface area contributed by atoms with E-state index < -0.39 is 10.2 Å². The van der Waals surface area contributed by atoms with Crippen LogP contribution in [0.3, 0.4) is 0 Å². The zero-order valence-electron chi connectivity index (χ0n) is 14.7. The van der Waals surface area contributed by atoms with Crippen LogP contribution in [0.1, 0.15) is 43.0 Å². The number of benzene rings is 1. The van der Waals surface area contributed by atoms with Crippen LogP contribution >= 0.6 is 0 Å². The Hall–Kier alpha value is -1.44. The minimum absolute atomic E-state index is 0.0273. The summed E-state index contributed by atoms with van der Waals surface area (Å²) in [6.07, 6.45) is 3.34. The van der Waals surface area contributed by atoms with E-state index in [0.29, 0.717) is 50.5 Å². The molecule has 0 aliphatic carbocycles. The number of carbonyl (C=O) groups is 1. The van der Waals surface area contributed by atoms with Gasteiger partial charge in [0.2, 0.25) is 0 Å². The van der Waals surface area contributed by atoms with Crippen molar-refractivity contribution in [3.8, 4) is 0 Å². The largest absolute Gasteiger partial charge is 0.349 e. The van der Waals surface area contributed by atoms with Crippen molar-refractivity contribution in [2.75, 3.05) is 26.2 Å². The molecular formula is C18H27N3O3S. The number of piperidine rings is 2. The van der Waals surface area contributed by atoms with E-state index in [1.54, 1.807) is 20.7 Å². The molecule has 1 amide bonds. The molecule has 1 atom stereocenters. The van der Waals surface area contributed by atoms with Crippen molar-refractivity contribution in [1.29, 1.82) is 0 Å². The summed E-state index contributed by atoms with van der Waals surface area (Å²) in [6, 6.07) is 9.15. The van der Waals surface area contributed by atoms with Crippen LogP contribution in [0.5, 0.6) is 0 Å². The van der Waals surface area contributed by atoms with Crippen molar-refractivity contribution in [3.05, 3.63) is 35.9 Å². The van der Waals surface area contributed by atoms with Gasteiger partial charge >= 0.3 is 0 Å². The standard InChI is InChI=1S/C18H27N3O3S/c1-15-6-5-11-21(14-15)25(23,24)20-12-9-17(10-13-20)19-18(22)16-7-3-2-4-8-16/h2-4,7-8,15,17H,5-6,9-14H2,1H3,(H,19,22). The second-order valence-electron chi connectivity index (χ2n) is 7.13. The van der Waals surface area contributed by atoms with Gasteiger partial charge in [-0.3, -0.25) is 4.79 Å². The molecule has 1 N–H and O–H groups in total. The number of nitrogens with zero attached hydrogens (tertiary/aromatic N) is 2. The van der Waals surface area contributed by atoms with Gasteiger partial charge in [0.05, 0.1) is 0 Å². The minimum atomic E-state index is -3.37. The van der Waals surface area contributed by atoms with Crippen LogP contribution in [0.4, 0.5) is 0 Å². The minimum Gasteiger partial charge on any atom is -0.349 e. The molecule has 0 saturated carbocycles. The number of amides is 1. The summed E-state index contributed by atoms with van der Waals surface area (Å²) in [5, 5.41) is 3.02. The van der Waals surface area contributed by atoms with Gasteiger partial charge in [0.25, 0.3) is 16.1 Å². The monoisotopic (exact) mass is 365 g/mol. The molecule has 2 fully saturated rings. The highest BCUT2D eigenvalue weighted by molar-refractivity contribution is 7.86. The third kappa shape index (κ3) is 4.40. The fourth-order valence-corrected chi connectivity index (χ4v) is 5.41. The van der Waals surface area contributed by atoms with Gasteiger partial charge in [0.15, 0.2) is 0 Å². The molecule has 2 aliphatic heterocycles. The quantitative estimate of drug-likeness (QED) is 0.885. The van der Waals surface area contributed by atoms with E-state index in [2.05, 4.69) is 12.2 Å². The molecule has 0 bridgehead atoms. The van der Waals surface area contributed by atoms with Gasteiger partial charge in [-0.05, 0) is 43.7 Å². The number of rotatable bonds is 4. The molecule has 1 unspecified atom stereocenters. The molecule has 1 aromatic rings. The highest BCUT2D eigenvalue weighted by Crippen LogP contribution is 2.23. The van der Waals surface area contributed by atoms with E-state index in [4.69, 9.17) is 0 Å². The SMILES string of the molecule is CC1CCCN(S(=O)(=O)N2CCC(NC(=O)c3ccccc3)CC2)C1. The fourth-order valence-electron chi connectivity index (χ4n) is 3.61. The lowest BCUT2D eigenvalue weighted by atomic mass is 10.0. The Morgan fingerprint density at radius 2 is 1.72 bits per heavy atom. The van der Waals surface area contributed by atoms with Crippen molar-refractivity contribution in [2.24, 2.45) is 5.92 Å². The second kappa shape index (κ2) is 7.85. The second-order valence-corrected chi connectivity index (χ2v) is 9.05. The summed E-state index contributed by atoms with van der Waals surface area (Å²) in [5.41, 5.74) is 0.639. The van der Waals surface area contributed by atoms with Crippen LogP contribution in [0, 0.1) is 5.92 Å². The maximum absolute atomic E-state index is 12.8. The van der Waals surface area contributed by atoms with Crippen LogP contribution in [0.25, 0.3) is 0 Å². The van der Waals surface area contributed by atoms with Crippen molar-refractivity contribution in [2.45, 2.75) is 38.6 Å². The van der Waals surface area contributed by atoms with Crippen molar-refractivity contribution >= 4 is 16.1 Å². The lowest BCUT2D eigenvalue weighted by molar-refractivity contribution is 0.0923. The smallest absolute Gasteiger partial charge is 0.281 e. The maximum atomic E-state index is 12.8. The van der Waals surface area contributed by atoms with Crippen LogP contribution in [0.2, 0.25) is 0 Å². The first kappa shape index (κ1) is 18.4. The van der Waals surface area contributed by atoms with E-state index >= 15 is 0 Å². The highest BCUT2D eigenvalue weighted by Gasteiger charge is 2.35. The van der Waals surface area contributed by atoms with Crippen LogP contribution < -0.4 is 5.32 Å². The van der Waals surface area contributed by atoms with E-state index in [9.17, 15) is 13.2 Å². The van der Waals surface area contributed by atoms with Gasteiger partial charge in [-0.2, -0.15) is 17.0 Å². The summed E-state index contributed by atoms with van der Waals surface area (Å²) in [5.74, 6) is 0.331. The Morgan fingerprint density at radius 3 is 2.36 bits per heavy atom. The predicted molar refractivity (Wildman–Crippen MR) is 97.4 cm³/mol. The molecule has 2 saturated heterocycles. The van der Waals surface area contributed by atoms with E-state index in [0.717, 1.165) is 12.8 Å². The maximum Gasteiger partial charge on any atom is 0.281 e. The van der Waals surface area contributed by atoms with Gasteiger partial charge in [-0.15, -0.1) is 0 Å². The fraction of sp³-hybridized carbons (Fsp3) is 0.611. The van der Waals surface area contributed by atoms with E-state index in [-0.39, 0.29) is 11.9 Å². The lowest BCUT2D eigenvalue weighted by Gasteiger charge is -2.37. The first-order valence-electron chi connectivity index (χ1n) is 9.08. The molecule has 25 heavy (non-hydrogen) atoms. The molecule has 2 aliphatic rings. The average molecular weight is 365 g/mol. The van der Waals surface area contributed by atoms with Gasteiger partial charge < -0.3 is 5.32 Å². The van der Waals surface area contributed by atoms with Crippen LogP contribution in [0.15, 0.2) is 30.3 Å². The first-order valence-corrected chi connectivity index (χ1v) is 10.5. The summed E-state index contributed by atoms with van der Waals surface area (Å²) in [4.78, 5) is 12.2. The van der Waals surface area contributed by atoms with E-state index in [1.165, 1.54) is 0 Å². The third-order valence-corrected chi connectivity index (χ3v) is 7.10. The molecule has 2 heterocycles. The Bertz CT molecular complexity index is 685. The molecule has 138 valence electrons. The summed E-state index contributed by atoms with van der Waals surface area (Å²) >= 11 is 0. The van der Waals surface area contributed by atoms with Crippen molar-refractivity contribution in [3.63, 3.8) is 0 Å². The third-order valence-electron chi connectivity index (χ3n) is 5.10. The summed E-state index contributed by atoms with van der Waals surface area (Å²) in [6.45, 7) is 4.28. The van der Waals surface area contributed by atoms with Gasteiger partial charge in [0.1, 0.15) is 0 Å². The Balaban J connectivity index is 1.54. The Kier molecular flexibility index (Phi) is 5.76. The zero-order chi connectivity index (χ0) is 17.9. The molecule has 1 aromatic carbocycles. The number of hydrogen-bond acceptors (Lipinski definition) is 3. The molecule has 7 heteroatoms. The average Bonchev–Trinajstić information content (AvgIpc) is 2.63. The lowest BCUT2D eigenvalue weighted by Crippen LogP contribution is -2.52. The number of nitrogens with one attached hydrogen (secondary N) is 1. The Labute approximate surface area is 150 Å². The van der Waals surface area contributed by atoms with Crippen molar-refractivity contribution in [1.82, 2.24) is 13.9 Å². The molecular weight excluding hydrogens is 338 g/mol. The van der Waals surface area contributed by atoms with Gasteiger partial charge in [-0.1, -0.05) is 25.1 Å². The van der Waals surface area contributed by atoms with Gasteiger partial charge in [-0.25, -0.2) is 0 Å². The number of carbonyl (C=O) groups excluding carboxylic acids is 1. The Morgan fingerprint density at radius 1 is 1.04 bits per heavy atom. The summed E-state index contributed by atoms with van der Waals surface area (Å²) < 4.78 is 28.8. The highest BCUT2D eigenvalue weighted by atomic mass is 32.2. The van der Waals surface area contributed by atoms with Crippen molar-refractivity contribution < 1.29 is 13.2 Å². The molecule has 0 aromatic heterocycles. The van der Waals surface area contributed by atoms with Crippen LogP contribution in [-0.2, 0) is 10.2 Å². The first-order chi connectivity index (χ1) is 12.0. The van der Waals surface area contributed by atoms with Crippen LogP contribution in [-0.4, -0.2) is 55.2 Å². The zero-order valence-corrected chi connectivity index (χ0v) is 15.5. The number of hydrogen-bond donors (Lipinski definition) is 1. The predicted octanol–water partition coefficient (Wildman–Crippen LogP) is 1.86. The normalized spacial score (nSPS) is 24.1. The summed E-state index contributed by atoms with van der Waals surface area (Å²) in [7, 11) is -3.37. The molecule has 6 nitrogen and oxygen atoms in total. The van der Waals surface area contributed by atoms with Gasteiger partial charge in [0, 0.05) is 37.8 Å². The molecule has 0 spiro atoms. The topological polar surface area (TPSA) is 69.7 Å². The molecule has 3 rings (SSSR count). The van der Waals surface area contributed by atoms with E-state index in [1.807, 2.05) is 18.2 Å².